The van der Waals surface area contributed by atoms with E-state index in [9.17, 15) is 9.59 Å². The van der Waals surface area contributed by atoms with Gasteiger partial charge in [0.05, 0.1) is 0 Å². The predicted molar refractivity (Wildman–Crippen MR) is 81.9 cm³/mol. The van der Waals surface area contributed by atoms with Crippen LogP contribution in [0.1, 0.15) is 30.1 Å². The summed E-state index contributed by atoms with van der Waals surface area (Å²) in [4.78, 5) is 26.0. The van der Waals surface area contributed by atoms with Crippen LogP contribution in [-0.4, -0.2) is 35.8 Å². The molecule has 0 radical (unpaired) electrons. The Bertz CT molecular complexity index is 510. The second-order valence-electron chi connectivity index (χ2n) is 4.89. The third-order valence-corrected chi connectivity index (χ3v) is 3.94. The number of hydrogen-bond donors (Lipinski definition) is 1. The third kappa shape index (κ3) is 3.73. The normalized spacial score (nSPS) is 16.1. The number of nitrogens with one attached hydrogen (secondary N) is 1. The summed E-state index contributed by atoms with van der Waals surface area (Å²) in [5.74, 6) is -0.329. The van der Waals surface area contributed by atoms with Gasteiger partial charge in [0.1, 0.15) is 6.04 Å². The maximum atomic E-state index is 12.1. The van der Waals surface area contributed by atoms with E-state index in [2.05, 4.69) is 21.2 Å². The lowest BCUT2D eigenvalue weighted by atomic mass is 10.2. The fourth-order valence-corrected chi connectivity index (χ4v) is 3.10. The topological polar surface area (TPSA) is 49.4 Å². The fraction of sp³-hybridized carbons (Fsp3) is 0.429. The van der Waals surface area contributed by atoms with E-state index in [0.717, 1.165) is 30.4 Å². The summed E-state index contributed by atoms with van der Waals surface area (Å²) in [5, 5.41) is 3.19. The van der Waals surface area contributed by atoms with Gasteiger partial charge < -0.3 is 10.2 Å². The number of nitrogens with zero attached hydrogens (tertiary/aromatic N) is 1. The maximum Gasteiger partial charge on any atom is 0.252 e. The summed E-state index contributed by atoms with van der Waals surface area (Å²) in [5.41, 5.74) is 0.436. The van der Waals surface area contributed by atoms with Crippen LogP contribution in [-0.2, 0) is 4.79 Å². The second-order valence-corrected chi connectivity index (χ2v) is 6.24. The lowest BCUT2D eigenvalue weighted by molar-refractivity contribution is -0.131. The summed E-state index contributed by atoms with van der Waals surface area (Å²) in [7, 11) is 0. The molecular weight excluding hydrogens is 344 g/mol. The van der Waals surface area contributed by atoms with Crippen LogP contribution in [0.4, 0.5) is 0 Å². The largest absolute Gasteiger partial charge is 0.341 e. The van der Waals surface area contributed by atoms with E-state index in [0.29, 0.717) is 10.6 Å². The van der Waals surface area contributed by atoms with Gasteiger partial charge in [-0.2, -0.15) is 0 Å². The number of likely N-dealkylation sites (tertiary alicyclic amines) is 1. The molecule has 0 spiro atoms. The van der Waals surface area contributed by atoms with Crippen molar-refractivity contribution in [2.24, 2.45) is 0 Å². The minimum absolute atomic E-state index is 0.0306. The molecule has 1 fully saturated rings. The lowest BCUT2D eigenvalue weighted by Crippen LogP contribution is -2.45. The zero-order valence-electron chi connectivity index (χ0n) is 11.2. The number of carbonyl (C=O) groups is 2. The van der Waals surface area contributed by atoms with Crippen molar-refractivity contribution >= 4 is 39.3 Å². The second kappa shape index (κ2) is 6.59. The van der Waals surface area contributed by atoms with E-state index in [1.54, 1.807) is 30.0 Å². The highest BCUT2D eigenvalue weighted by molar-refractivity contribution is 9.10. The number of carbonyl (C=O) groups excluding carboxylic acids is 2. The zero-order valence-corrected chi connectivity index (χ0v) is 13.5. The molecule has 0 saturated carbocycles. The molecule has 1 saturated heterocycles. The zero-order chi connectivity index (χ0) is 14.7. The first kappa shape index (κ1) is 15.3. The van der Waals surface area contributed by atoms with Crippen molar-refractivity contribution in [2.75, 3.05) is 13.1 Å². The van der Waals surface area contributed by atoms with Gasteiger partial charge in [0.15, 0.2) is 0 Å². The van der Waals surface area contributed by atoms with Gasteiger partial charge in [-0.1, -0.05) is 27.5 Å². The van der Waals surface area contributed by atoms with Crippen molar-refractivity contribution in [2.45, 2.75) is 25.8 Å². The molecule has 1 unspecified atom stereocenters. The molecule has 1 aromatic rings. The van der Waals surface area contributed by atoms with Gasteiger partial charge >= 0.3 is 0 Å². The first-order valence-electron chi connectivity index (χ1n) is 6.53. The smallest absolute Gasteiger partial charge is 0.252 e. The monoisotopic (exact) mass is 358 g/mol. The van der Waals surface area contributed by atoms with E-state index in [-0.39, 0.29) is 11.8 Å². The molecule has 2 amide bonds. The minimum atomic E-state index is -0.529. The van der Waals surface area contributed by atoms with Crippen LogP contribution >= 0.6 is 27.5 Å². The summed E-state index contributed by atoms with van der Waals surface area (Å²) in [6.07, 6.45) is 2.07. The van der Waals surface area contributed by atoms with Crippen LogP contribution in [0.5, 0.6) is 0 Å². The predicted octanol–water partition coefficient (Wildman–Crippen LogP) is 2.84. The van der Waals surface area contributed by atoms with E-state index in [1.807, 2.05) is 0 Å². The van der Waals surface area contributed by atoms with Crippen LogP contribution in [0.2, 0.25) is 5.02 Å². The Kier molecular flexibility index (Phi) is 5.05. The maximum absolute atomic E-state index is 12.1. The van der Waals surface area contributed by atoms with Gasteiger partial charge in [-0.15, -0.1) is 0 Å². The van der Waals surface area contributed by atoms with Gasteiger partial charge in [0.2, 0.25) is 5.91 Å². The lowest BCUT2D eigenvalue weighted by Gasteiger charge is -2.21. The molecule has 6 heteroatoms. The highest BCUT2D eigenvalue weighted by Gasteiger charge is 2.24. The summed E-state index contributed by atoms with van der Waals surface area (Å²) in [6, 6.07) is 4.43. The first-order valence-corrected chi connectivity index (χ1v) is 7.70. The molecule has 0 aromatic heterocycles. The molecule has 1 aliphatic rings. The Morgan fingerprint density at radius 2 is 1.95 bits per heavy atom. The average molecular weight is 360 g/mol. The van der Waals surface area contributed by atoms with Crippen molar-refractivity contribution < 1.29 is 9.59 Å². The van der Waals surface area contributed by atoms with Crippen molar-refractivity contribution in [1.82, 2.24) is 10.2 Å². The van der Waals surface area contributed by atoms with Crippen LogP contribution in [0.3, 0.4) is 0 Å². The number of amides is 2. The Morgan fingerprint density at radius 3 is 2.55 bits per heavy atom. The molecular formula is C14H16BrClN2O2. The quantitative estimate of drug-likeness (QED) is 0.902. The molecule has 0 bridgehead atoms. The average Bonchev–Trinajstić information content (AvgIpc) is 2.90. The Labute approximate surface area is 131 Å². The Hall–Kier alpha value is -1.07. The van der Waals surface area contributed by atoms with Crippen molar-refractivity contribution in [1.29, 1.82) is 0 Å². The molecule has 108 valence electrons. The molecule has 4 nitrogen and oxygen atoms in total. The van der Waals surface area contributed by atoms with Gasteiger partial charge in [-0.3, -0.25) is 9.59 Å². The summed E-state index contributed by atoms with van der Waals surface area (Å²) >= 11 is 9.20. The van der Waals surface area contributed by atoms with Gasteiger partial charge in [0.25, 0.3) is 5.91 Å². The van der Waals surface area contributed by atoms with Crippen molar-refractivity contribution in [3.63, 3.8) is 0 Å². The molecule has 1 aliphatic heterocycles. The van der Waals surface area contributed by atoms with E-state index in [4.69, 9.17) is 11.6 Å². The third-order valence-electron chi connectivity index (χ3n) is 3.26. The number of hydrogen-bond acceptors (Lipinski definition) is 2. The molecule has 0 aliphatic carbocycles. The van der Waals surface area contributed by atoms with Gasteiger partial charge in [0, 0.05) is 28.1 Å². The fourth-order valence-electron chi connectivity index (χ4n) is 2.24. The van der Waals surface area contributed by atoms with Crippen LogP contribution in [0, 0.1) is 0 Å². The van der Waals surface area contributed by atoms with Crippen molar-refractivity contribution in [3.8, 4) is 0 Å². The molecule has 20 heavy (non-hydrogen) atoms. The number of halogens is 2. The highest BCUT2D eigenvalue weighted by atomic mass is 79.9. The van der Waals surface area contributed by atoms with Gasteiger partial charge in [-0.05, 0) is 38.0 Å². The van der Waals surface area contributed by atoms with Crippen LogP contribution in [0.25, 0.3) is 0 Å². The number of benzene rings is 1. The van der Waals surface area contributed by atoms with E-state index >= 15 is 0 Å². The van der Waals surface area contributed by atoms with E-state index < -0.39 is 6.04 Å². The Morgan fingerprint density at radius 1 is 1.30 bits per heavy atom. The molecule has 1 aromatic carbocycles. The molecule has 1 N–H and O–H groups in total. The molecule has 2 rings (SSSR count). The SMILES string of the molecule is CC(NC(=O)c1cc(Cl)cc(Br)c1)C(=O)N1CCCC1. The molecule has 1 atom stereocenters. The summed E-state index contributed by atoms with van der Waals surface area (Å²) in [6.45, 7) is 3.27. The van der Waals surface area contributed by atoms with Crippen LogP contribution < -0.4 is 5.32 Å². The Balaban J connectivity index is 2.01. The van der Waals surface area contributed by atoms with Crippen molar-refractivity contribution in [3.05, 3.63) is 33.3 Å². The number of rotatable bonds is 3. The van der Waals surface area contributed by atoms with Crippen LogP contribution in [0.15, 0.2) is 22.7 Å². The van der Waals surface area contributed by atoms with E-state index in [1.165, 1.54) is 0 Å². The first-order chi connectivity index (χ1) is 9.47. The summed E-state index contributed by atoms with van der Waals surface area (Å²) < 4.78 is 0.730. The molecule has 1 heterocycles. The standard InChI is InChI=1S/C14H16BrClN2O2/c1-9(14(20)18-4-2-3-5-18)17-13(19)10-6-11(15)8-12(16)7-10/h6-9H,2-5H2,1H3,(H,17,19). The highest BCUT2D eigenvalue weighted by Crippen LogP contribution is 2.19. The van der Waals surface area contributed by atoms with Gasteiger partial charge in [-0.25, -0.2) is 0 Å². The minimum Gasteiger partial charge on any atom is -0.341 e.